The molecule has 0 amide bonds. The van der Waals surface area contributed by atoms with Crippen molar-refractivity contribution in [3.63, 3.8) is 0 Å². The third kappa shape index (κ3) is 3.08. The van der Waals surface area contributed by atoms with Crippen molar-refractivity contribution < 1.29 is 0 Å². The van der Waals surface area contributed by atoms with Gasteiger partial charge in [-0.1, -0.05) is 44.0 Å². The number of aryl methyl sites for hydroxylation is 1. The Morgan fingerprint density at radius 2 is 2.00 bits per heavy atom. The lowest BCUT2D eigenvalue weighted by atomic mass is 9.96. The van der Waals surface area contributed by atoms with Gasteiger partial charge in [0.05, 0.1) is 0 Å². The number of hydrogen-bond acceptors (Lipinski definition) is 1. The molecule has 1 aromatic rings. The zero-order chi connectivity index (χ0) is 11.2. The maximum absolute atomic E-state index is 3.60. The first-order valence-electron chi connectivity index (χ1n) is 6.72. The van der Waals surface area contributed by atoms with Gasteiger partial charge in [0, 0.05) is 6.04 Å². The first kappa shape index (κ1) is 11.7. The molecule has 16 heavy (non-hydrogen) atoms. The summed E-state index contributed by atoms with van der Waals surface area (Å²) in [5.74, 6) is 0. The Labute approximate surface area is 99.3 Å². The molecule has 2 rings (SSSR count). The van der Waals surface area contributed by atoms with Crippen LogP contribution in [-0.2, 0) is 6.42 Å². The number of piperidine rings is 1. The number of unbranched alkanes of at least 4 members (excludes halogenated alkanes) is 1. The molecule has 0 aliphatic carbocycles. The highest BCUT2D eigenvalue weighted by molar-refractivity contribution is 5.25. The Morgan fingerprint density at radius 3 is 2.62 bits per heavy atom. The van der Waals surface area contributed by atoms with Gasteiger partial charge < -0.3 is 5.32 Å². The molecular formula is C15H23N. The standard InChI is InChI=1S/C15H23N/c1-2-3-6-13-8-10-14(11-9-13)15-7-4-5-12-16-15/h8-11,15-16H,2-7,12H2,1H3. The smallest absolute Gasteiger partial charge is 0.0320 e. The van der Waals surface area contributed by atoms with Gasteiger partial charge in [-0.25, -0.2) is 0 Å². The van der Waals surface area contributed by atoms with Crippen LogP contribution in [-0.4, -0.2) is 6.54 Å². The van der Waals surface area contributed by atoms with Crippen LogP contribution in [0.4, 0.5) is 0 Å². The van der Waals surface area contributed by atoms with E-state index >= 15 is 0 Å². The van der Waals surface area contributed by atoms with E-state index in [1.807, 2.05) is 0 Å². The Bertz CT molecular complexity index is 296. The molecule has 88 valence electrons. The van der Waals surface area contributed by atoms with Crippen LogP contribution in [0.5, 0.6) is 0 Å². The molecule has 1 unspecified atom stereocenters. The van der Waals surface area contributed by atoms with Crippen LogP contribution in [0.15, 0.2) is 24.3 Å². The van der Waals surface area contributed by atoms with E-state index in [2.05, 4.69) is 36.5 Å². The Balaban J connectivity index is 1.95. The lowest BCUT2D eigenvalue weighted by Gasteiger charge is -2.23. The second-order valence-corrected chi connectivity index (χ2v) is 4.85. The summed E-state index contributed by atoms with van der Waals surface area (Å²) in [5.41, 5.74) is 2.96. The number of hydrogen-bond donors (Lipinski definition) is 1. The molecule has 0 radical (unpaired) electrons. The van der Waals surface area contributed by atoms with E-state index < -0.39 is 0 Å². The fraction of sp³-hybridized carbons (Fsp3) is 0.600. The number of nitrogens with one attached hydrogen (secondary N) is 1. The van der Waals surface area contributed by atoms with E-state index in [1.165, 1.54) is 56.2 Å². The van der Waals surface area contributed by atoms with Crippen LogP contribution in [0.3, 0.4) is 0 Å². The predicted octanol–water partition coefficient (Wildman–Crippen LogP) is 3.84. The monoisotopic (exact) mass is 217 g/mol. The van der Waals surface area contributed by atoms with Crippen LogP contribution in [0.25, 0.3) is 0 Å². The van der Waals surface area contributed by atoms with Gasteiger partial charge in [-0.2, -0.15) is 0 Å². The molecule has 1 saturated heterocycles. The van der Waals surface area contributed by atoms with Crippen LogP contribution in [0, 0.1) is 0 Å². The molecule has 1 heteroatoms. The average molecular weight is 217 g/mol. The zero-order valence-corrected chi connectivity index (χ0v) is 10.3. The second kappa shape index (κ2) is 6.05. The Kier molecular flexibility index (Phi) is 4.41. The van der Waals surface area contributed by atoms with Gasteiger partial charge in [0.1, 0.15) is 0 Å². The molecule has 1 aromatic carbocycles. The maximum Gasteiger partial charge on any atom is 0.0320 e. The summed E-state index contributed by atoms with van der Waals surface area (Å²) in [4.78, 5) is 0. The van der Waals surface area contributed by atoms with E-state index in [0.29, 0.717) is 6.04 Å². The van der Waals surface area contributed by atoms with Crippen molar-refractivity contribution >= 4 is 0 Å². The second-order valence-electron chi connectivity index (χ2n) is 4.85. The third-order valence-corrected chi connectivity index (χ3v) is 3.51. The third-order valence-electron chi connectivity index (χ3n) is 3.51. The molecule has 0 bridgehead atoms. The maximum atomic E-state index is 3.60. The summed E-state index contributed by atoms with van der Waals surface area (Å²) in [7, 11) is 0. The SMILES string of the molecule is CCCCc1ccc(C2CCCCN2)cc1. The summed E-state index contributed by atoms with van der Waals surface area (Å²) in [6, 6.07) is 9.85. The van der Waals surface area contributed by atoms with Crippen molar-refractivity contribution in [2.24, 2.45) is 0 Å². The molecule has 1 N–H and O–H groups in total. The van der Waals surface area contributed by atoms with Crippen molar-refractivity contribution in [1.82, 2.24) is 5.32 Å². The Morgan fingerprint density at radius 1 is 1.19 bits per heavy atom. The largest absolute Gasteiger partial charge is 0.310 e. The van der Waals surface area contributed by atoms with Crippen molar-refractivity contribution in [1.29, 1.82) is 0 Å². The lowest BCUT2D eigenvalue weighted by molar-refractivity contribution is 0.412. The van der Waals surface area contributed by atoms with Gasteiger partial charge in [0.2, 0.25) is 0 Å². The summed E-state index contributed by atoms with van der Waals surface area (Å²) >= 11 is 0. The first-order chi connectivity index (χ1) is 7.90. The Hall–Kier alpha value is -0.820. The summed E-state index contributed by atoms with van der Waals surface area (Å²) in [6.07, 6.45) is 7.83. The molecule has 1 atom stereocenters. The first-order valence-corrected chi connectivity index (χ1v) is 6.72. The summed E-state index contributed by atoms with van der Waals surface area (Å²) in [5, 5.41) is 3.60. The van der Waals surface area contributed by atoms with Crippen LogP contribution in [0.1, 0.15) is 56.2 Å². The minimum Gasteiger partial charge on any atom is -0.310 e. The molecule has 0 aromatic heterocycles. The van der Waals surface area contributed by atoms with Gasteiger partial charge >= 0.3 is 0 Å². The van der Waals surface area contributed by atoms with Gasteiger partial charge in [-0.05, 0) is 43.4 Å². The highest BCUT2D eigenvalue weighted by Crippen LogP contribution is 2.23. The van der Waals surface area contributed by atoms with Gasteiger partial charge in [-0.3, -0.25) is 0 Å². The molecule has 1 aliphatic rings. The molecule has 1 heterocycles. The van der Waals surface area contributed by atoms with Crippen LogP contribution >= 0.6 is 0 Å². The van der Waals surface area contributed by atoms with Gasteiger partial charge in [0.15, 0.2) is 0 Å². The van der Waals surface area contributed by atoms with Gasteiger partial charge in [0.25, 0.3) is 0 Å². The van der Waals surface area contributed by atoms with Crippen LogP contribution < -0.4 is 5.32 Å². The van der Waals surface area contributed by atoms with Crippen LogP contribution in [0.2, 0.25) is 0 Å². The van der Waals surface area contributed by atoms with Crippen molar-refractivity contribution in [3.8, 4) is 0 Å². The fourth-order valence-corrected chi connectivity index (χ4v) is 2.43. The summed E-state index contributed by atoms with van der Waals surface area (Å²) in [6.45, 7) is 3.43. The molecule has 0 spiro atoms. The molecule has 1 aliphatic heterocycles. The zero-order valence-electron chi connectivity index (χ0n) is 10.3. The lowest BCUT2D eigenvalue weighted by Crippen LogP contribution is -2.26. The van der Waals surface area contributed by atoms with Gasteiger partial charge in [-0.15, -0.1) is 0 Å². The summed E-state index contributed by atoms with van der Waals surface area (Å²) < 4.78 is 0. The quantitative estimate of drug-likeness (QED) is 0.808. The highest BCUT2D eigenvalue weighted by atomic mass is 14.9. The van der Waals surface area contributed by atoms with E-state index in [0.717, 1.165) is 0 Å². The molecule has 0 saturated carbocycles. The number of rotatable bonds is 4. The normalized spacial score (nSPS) is 20.9. The van der Waals surface area contributed by atoms with E-state index in [4.69, 9.17) is 0 Å². The number of benzene rings is 1. The molecule has 1 nitrogen and oxygen atoms in total. The van der Waals surface area contributed by atoms with E-state index in [9.17, 15) is 0 Å². The van der Waals surface area contributed by atoms with Crippen molar-refractivity contribution in [3.05, 3.63) is 35.4 Å². The molecule has 1 fully saturated rings. The topological polar surface area (TPSA) is 12.0 Å². The van der Waals surface area contributed by atoms with Crippen molar-refractivity contribution in [2.75, 3.05) is 6.54 Å². The fourth-order valence-electron chi connectivity index (χ4n) is 2.43. The highest BCUT2D eigenvalue weighted by Gasteiger charge is 2.13. The molecular weight excluding hydrogens is 194 g/mol. The predicted molar refractivity (Wildman–Crippen MR) is 69.6 cm³/mol. The van der Waals surface area contributed by atoms with E-state index in [1.54, 1.807) is 0 Å². The van der Waals surface area contributed by atoms with E-state index in [-0.39, 0.29) is 0 Å². The minimum atomic E-state index is 0.606. The average Bonchev–Trinajstić information content (AvgIpc) is 2.38. The minimum absolute atomic E-state index is 0.606. The van der Waals surface area contributed by atoms with Crippen molar-refractivity contribution in [2.45, 2.75) is 51.5 Å².